The molecule has 10 heteroatoms. The van der Waals surface area contributed by atoms with Gasteiger partial charge in [0.2, 0.25) is 5.91 Å². The van der Waals surface area contributed by atoms with E-state index in [0.717, 1.165) is 25.9 Å². The number of urea groups is 1. The van der Waals surface area contributed by atoms with E-state index in [0.29, 0.717) is 41.0 Å². The molecule has 0 bridgehead atoms. The van der Waals surface area contributed by atoms with Crippen molar-refractivity contribution in [1.82, 2.24) is 15.2 Å². The number of carbonyl (C=O) groups excluding carboxylic acids is 3. The van der Waals surface area contributed by atoms with Gasteiger partial charge in [0.25, 0.3) is 5.91 Å². The number of ether oxygens (including phenoxy) is 2. The summed E-state index contributed by atoms with van der Waals surface area (Å²) < 4.78 is 10.9. The molecule has 3 heterocycles. The molecule has 2 aromatic rings. The van der Waals surface area contributed by atoms with E-state index in [2.05, 4.69) is 15.6 Å². The van der Waals surface area contributed by atoms with Crippen LogP contribution in [0.3, 0.4) is 0 Å². The summed E-state index contributed by atoms with van der Waals surface area (Å²) in [6.07, 6.45) is 3.59. The lowest BCUT2D eigenvalue weighted by atomic mass is 10.2. The van der Waals surface area contributed by atoms with Crippen molar-refractivity contribution >= 4 is 35.3 Å². The molecule has 2 aliphatic heterocycles. The topological polar surface area (TPSA) is 110 Å². The summed E-state index contributed by atoms with van der Waals surface area (Å²) in [7, 11) is 0. The van der Waals surface area contributed by atoms with Crippen molar-refractivity contribution in [2.24, 2.45) is 0 Å². The van der Waals surface area contributed by atoms with Gasteiger partial charge in [0.05, 0.1) is 16.3 Å². The number of hydrogen-bond acceptors (Lipinski definition) is 7. The number of aromatic nitrogens is 1. The predicted molar refractivity (Wildman–Crippen MR) is 115 cm³/mol. The van der Waals surface area contributed by atoms with Gasteiger partial charge in [0, 0.05) is 31.0 Å². The highest BCUT2D eigenvalue weighted by atomic mass is 32.2. The maximum absolute atomic E-state index is 12.3. The largest absolute Gasteiger partial charge is 0.486 e. The minimum absolute atomic E-state index is 0.0149. The van der Waals surface area contributed by atoms with Crippen molar-refractivity contribution in [2.75, 3.05) is 37.4 Å². The molecule has 0 atom stereocenters. The molecule has 1 aromatic heterocycles. The summed E-state index contributed by atoms with van der Waals surface area (Å²) in [6.45, 7) is 2.49. The van der Waals surface area contributed by atoms with Crippen LogP contribution < -0.4 is 20.1 Å². The first kappa shape index (κ1) is 21.0. The van der Waals surface area contributed by atoms with Gasteiger partial charge in [0.15, 0.2) is 11.5 Å². The third-order valence-electron chi connectivity index (χ3n) is 4.78. The number of likely N-dealkylation sites (tertiary alicyclic amines) is 1. The Labute approximate surface area is 183 Å². The van der Waals surface area contributed by atoms with Crippen LogP contribution in [-0.2, 0) is 4.79 Å². The number of fused-ring (bicyclic) bond motifs is 1. The van der Waals surface area contributed by atoms with Crippen LogP contribution in [0.25, 0.3) is 0 Å². The van der Waals surface area contributed by atoms with E-state index in [1.807, 2.05) is 4.90 Å². The molecule has 9 nitrogen and oxygen atoms in total. The summed E-state index contributed by atoms with van der Waals surface area (Å²) in [5.74, 6) is 0.698. The zero-order valence-corrected chi connectivity index (χ0v) is 17.6. The zero-order valence-electron chi connectivity index (χ0n) is 16.8. The Morgan fingerprint density at radius 3 is 2.55 bits per heavy atom. The van der Waals surface area contributed by atoms with E-state index in [1.165, 1.54) is 18.0 Å². The molecule has 1 fully saturated rings. The van der Waals surface area contributed by atoms with Crippen LogP contribution >= 0.6 is 11.8 Å². The molecule has 0 saturated carbocycles. The van der Waals surface area contributed by atoms with E-state index in [4.69, 9.17) is 9.47 Å². The van der Waals surface area contributed by atoms with Crippen molar-refractivity contribution in [2.45, 2.75) is 17.9 Å². The molecule has 4 rings (SSSR count). The minimum atomic E-state index is -0.637. The Morgan fingerprint density at radius 2 is 1.81 bits per heavy atom. The molecule has 0 spiro atoms. The highest BCUT2D eigenvalue weighted by Gasteiger charge is 2.20. The lowest BCUT2D eigenvalue weighted by Gasteiger charge is -2.19. The number of carbonyl (C=O) groups is 3. The number of benzene rings is 1. The summed E-state index contributed by atoms with van der Waals surface area (Å²) in [6, 6.07) is 7.79. The number of hydrogen-bond donors (Lipinski definition) is 2. The van der Waals surface area contributed by atoms with Gasteiger partial charge in [-0.15, -0.1) is 0 Å². The van der Waals surface area contributed by atoms with Crippen LogP contribution in [-0.4, -0.2) is 59.8 Å². The fourth-order valence-corrected chi connectivity index (χ4v) is 3.92. The Morgan fingerprint density at radius 1 is 1.03 bits per heavy atom. The third kappa shape index (κ3) is 5.46. The molecule has 1 saturated heterocycles. The maximum atomic E-state index is 12.3. The quantitative estimate of drug-likeness (QED) is 0.685. The Bertz CT molecular complexity index is 976. The zero-order chi connectivity index (χ0) is 21.6. The predicted octanol–water partition coefficient (Wildman–Crippen LogP) is 2.53. The van der Waals surface area contributed by atoms with Gasteiger partial charge >= 0.3 is 6.03 Å². The van der Waals surface area contributed by atoms with Crippen molar-refractivity contribution in [3.8, 4) is 11.5 Å². The lowest BCUT2D eigenvalue weighted by molar-refractivity contribution is -0.117. The number of thioether (sulfide) groups is 1. The second-order valence-corrected chi connectivity index (χ2v) is 8.03. The van der Waals surface area contributed by atoms with E-state index >= 15 is 0 Å². The molecule has 162 valence electrons. The number of nitrogens with one attached hydrogen (secondary N) is 2. The average molecular weight is 442 g/mol. The molecule has 2 aliphatic rings. The molecule has 0 radical (unpaired) electrons. The van der Waals surface area contributed by atoms with E-state index < -0.39 is 11.9 Å². The minimum Gasteiger partial charge on any atom is -0.486 e. The number of rotatable bonds is 5. The fraction of sp³-hybridized carbons (Fsp3) is 0.333. The smallest absolute Gasteiger partial charge is 0.325 e. The monoisotopic (exact) mass is 442 g/mol. The summed E-state index contributed by atoms with van der Waals surface area (Å²) in [5.41, 5.74) is 1.02. The molecule has 2 N–H and O–H groups in total. The number of pyridine rings is 1. The Hall–Kier alpha value is -3.27. The van der Waals surface area contributed by atoms with Crippen LogP contribution in [0.2, 0.25) is 0 Å². The van der Waals surface area contributed by atoms with Gasteiger partial charge in [-0.1, -0.05) is 11.8 Å². The van der Waals surface area contributed by atoms with Crippen molar-refractivity contribution < 1.29 is 23.9 Å². The van der Waals surface area contributed by atoms with Gasteiger partial charge in [-0.2, -0.15) is 0 Å². The number of amides is 4. The molecule has 0 aliphatic carbocycles. The van der Waals surface area contributed by atoms with Crippen LogP contribution in [0.4, 0.5) is 10.5 Å². The molecule has 0 unspecified atom stereocenters. The molecule has 31 heavy (non-hydrogen) atoms. The Kier molecular flexibility index (Phi) is 6.56. The second-order valence-electron chi connectivity index (χ2n) is 7.03. The van der Waals surface area contributed by atoms with Gasteiger partial charge in [-0.25, -0.2) is 9.78 Å². The number of anilines is 1. The maximum Gasteiger partial charge on any atom is 0.325 e. The fourth-order valence-electron chi connectivity index (χ4n) is 3.28. The first-order valence-corrected chi connectivity index (χ1v) is 11.0. The number of nitrogens with zero attached hydrogens (tertiary/aromatic N) is 2. The molecular formula is C21H22N4O5S. The summed E-state index contributed by atoms with van der Waals surface area (Å²) >= 11 is 1.18. The molecule has 1 aromatic carbocycles. The summed E-state index contributed by atoms with van der Waals surface area (Å²) in [4.78, 5) is 42.5. The van der Waals surface area contributed by atoms with Gasteiger partial charge < -0.3 is 19.7 Å². The van der Waals surface area contributed by atoms with Gasteiger partial charge in [0.1, 0.15) is 13.2 Å². The normalized spacial score (nSPS) is 14.8. The number of imide groups is 1. The average Bonchev–Trinajstić information content (AvgIpc) is 3.32. The van der Waals surface area contributed by atoms with Crippen LogP contribution in [0.15, 0.2) is 41.6 Å². The van der Waals surface area contributed by atoms with Gasteiger partial charge in [-0.3, -0.25) is 14.9 Å². The van der Waals surface area contributed by atoms with Crippen LogP contribution in [0.1, 0.15) is 23.2 Å². The van der Waals surface area contributed by atoms with Crippen LogP contribution in [0, 0.1) is 0 Å². The van der Waals surface area contributed by atoms with Crippen molar-refractivity contribution in [1.29, 1.82) is 0 Å². The lowest BCUT2D eigenvalue weighted by Crippen LogP contribution is -2.35. The van der Waals surface area contributed by atoms with E-state index in [9.17, 15) is 14.4 Å². The summed E-state index contributed by atoms with van der Waals surface area (Å²) in [5, 5.41) is 5.47. The molecule has 4 amide bonds. The van der Waals surface area contributed by atoms with E-state index in [1.54, 1.807) is 30.3 Å². The molecular weight excluding hydrogens is 420 g/mol. The van der Waals surface area contributed by atoms with Crippen molar-refractivity contribution in [3.05, 3.63) is 42.1 Å². The highest BCUT2D eigenvalue weighted by Crippen LogP contribution is 2.32. The first-order valence-electron chi connectivity index (χ1n) is 9.97. The third-order valence-corrected chi connectivity index (χ3v) is 5.72. The van der Waals surface area contributed by atoms with E-state index in [-0.39, 0.29) is 11.7 Å². The SMILES string of the molecule is O=C(CSc1ccc(C(=O)N2CCCC2)cn1)NC(=O)Nc1ccc2c(c1)OCCO2. The van der Waals surface area contributed by atoms with Crippen LogP contribution in [0.5, 0.6) is 11.5 Å². The Balaban J connectivity index is 1.23. The first-order chi connectivity index (χ1) is 15.1. The second kappa shape index (κ2) is 9.69. The van der Waals surface area contributed by atoms with Gasteiger partial charge in [-0.05, 0) is 37.1 Å². The standard InChI is InChI=1S/C21H22N4O5S/c26-18(24-21(28)23-15-4-5-16-17(11-15)30-10-9-29-16)13-31-19-6-3-14(12-22-19)20(27)25-7-1-2-8-25/h3-6,11-12H,1-2,7-10,13H2,(H2,23,24,26,28). The highest BCUT2D eigenvalue weighted by molar-refractivity contribution is 7.99. The van der Waals surface area contributed by atoms with Crippen molar-refractivity contribution in [3.63, 3.8) is 0 Å².